The normalized spacial score (nSPS) is 17.3. The lowest BCUT2D eigenvalue weighted by Gasteiger charge is -2.27. The Labute approximate surface area is 113 Å². The molecule has 0 aromatic heterocycles. The van der Waals surface area contributed by atoms with Crippen molar-refractivity contribution in [3.8, 4) is 0 Å². The summed E-state index contributed by atoms with van der Waals surface area (Å²) in [7, 11) is -3.12. The first-order chi connectivity index (χ1) is 8.55. The van der Waals surface area contributed by atoms with Crippen LogP contribution in [0.2, 0.25) is 0 Å². The fraction of sp³-hybridized carbons (Fsp3) is 0.833. The van der Waals surface area contributed by atoms with Gasteiger partial charge in [0.2, 0.25) is 5.91 Å². The lowest BCUT2D eigenvalue weighted by molar-refractivity contribution is -0.146. The van der Waals surface area contributed by atoms with Gasteiger partial charge in [-0.1, -0.05) is 0 Å². The van der Waals surface area contributed by atoms with E-state index in [1.54, 1.807) is 13.8 Å². The van der Waals surface area contributed by atoms with Gasteiger partial charge in [-0.25, -0.2) is 8.42 Å². The van der Waals surface area contributed by atoms with Crippen molar-refractivity contribution in [2.45, 2.75) is 39.2 Å². The first-order valence-corrected chi connectivity index (χ1v) is 8.30. The molecule has 1 aliphatic carbocycles. The van der Waals surface area contributed by atoms with Crippen molar-refractivity contribution in [3.63, 3.8) is 0 Å². The lowest BCUT2D eigenvalue weighted by atomic mass is 10.0. The minimum Gasteiger partial charge on any atom is -0.480 e. The van der Waals surface area contributed by atoms with E-state index in [0.29, 0.717) is 12.8 Å². The number of nitrogens with zero attached hydrogens (tertiary/aromatic N) is 1. The maximum atomic E-state index is 12.1. The molecule has 0 aromatic carbocycles. The molecule has 1 N–H and O–H groups in total. The van der Waals surface area contributed by atoms with Crippen molar-refractivity contribution in [3.05, 3.63) is 0 Å². The molecule has 7 heteroatoms. The van der Waals surface area contributed by atoms with E-state index < -0.39 is 21.2 Å². The molecule has 0 atom stereocenters. The Morgan fingerprint density at radius 1 is 1.32 bits per heavy atom. The molecule has 19 heavy (non-hydrogen) atoms. The van der Waals surface area contributed by atoms with Crippen molar-refractivity contribution in [1.29, 1.82) is 0 Å². The topological polar surface area (TPSA) is 91.8 Å². The summed E-state index contributed by atoms with van der Waals surface area (Å²) in [5, 5.41) is 8.79. The summed E-state index contributed by atoms with van der Waals surface area (Å²) in [4.78, 5) is 24.2. The SMILES string of the molecule is CC(C)N(CC(=O)O)C(=O)CC1(CS(C)(=O)=O)CC1. The van der Waals surface area contributed by atoms with Crippen LogP contribution in [0.3, 0.4) is 0 Å². The minimum absolute atomic E-state index is 0.00471. The molecular weight excluding hydrogens is 270 g/mol. The van der Waals surface area contributed by atoms with Gasteiger partial charge in [0.25, 0.3) is 0 Å². The van der Waals surface area contributed by atoms with E-state index in [1.165, 1.54) is 4.90 Å². The largest absolute Gasteiger partial charge is 0.480 e. The van der Waals surface area contributed by atoms with Gasteiger partial charge in [-0.15, -0.1) is 0 Å². The van der Waals surface area contributed by atoms with Gasteiger partial charge in [0, 0.05) is 18.7 Å². The number of carbonyl (C=O) groups excluding carboxylic acids is 1. The van der Waals surface area contributed by atoms with E-state index >= 15 is 0 Å². The Hall–Kier alpha value is -1.11. The summed E-state index contributed by atoms with van der Waals surface area (Å²) in [6.07, 6.45) is 2.70. The summed E-state index contributed by atoms with van der Waals surface area (Å²) < 4.78 is 22.7. The highest BCUT2D eigenvalue weighted by atomic mass is 32.2. The van der Waals surface area contributed by atoms with Crippen molar-refractivity contribution in [2.75, 3.05) is 18.6 Å². The zero-order valence-electron chi connectivity index (χ0n) is 11.5. The minimum atomic E-state index is -3.12. The molecule has 1 rings (SSSR count). The molecule has 1 saturated carbocycles. The Balaban J connectivity index is 2.69. The molecule has 1 fully saturated rings. The first kappa shape index (κ1) is 15.9. The second-order valence-electron chi connectivity index (χ2n) is 5.76. The molecule has 0 heterocycles. The lowest BCUT2D eigenvalue weighted by Crippen LogP contribution is -2.42. The van der Waals surface area contributed by atoms with Crippen LogP contribution < -0.4 is 0 Å². The van der Waals surface area contributed by atoms with Gasteiger partial charge in [0.05, 0.1) is 5.75 Å². The highest BCUT2D eigenvalue weighted by molar-refractivity contribution is 7.90. The summed E-state index contributed by atoms with van der Waals surface area (Å²) in [5.74, 6) is -1.33. The summed E-state index contributed by atoms with van der Waals surface area (Å²) in [5.41, 5.74) is -0.462. The summed E-state index contributed by atoms with van der Waals surface area (Å²) >= 11 is 0. The van der Waals surface area contributed by atoms with Crippen LogP contribution in [0.25, 0.3) is 0 Å². The standard InChI is InChI=1S/C12H21NO5S/c1-9(2)13(7-11(15)16)10(14)6-12(4-5-12)8-19(3,17)18/h9H,4-8H2,1-3H3,(H,15,16). The van der Waals surface area contributed by atoms with Gasteiger partial charge in [-0.05, 0) is 32.1 Å². The van der Waals surface area contributed by atoms with Crippen LogP contribution >= 0.6 is 0 Å². The van der Waals surface area contributed by atoms with Crippen LogP contribution in [-0.2, 0) is 19.4 Å². The van der Waals surface area contributed by atoms with Crippen LogP contribution in [0.1, 0.15) is 33.1 Å². The van der Waals surface area contributed by atoms with Crippen LogP contribution in [0.5, 0.6) is 0 Å². The van der Waals surface area contributed by atoms with Crippen molar-refractivity contribution in [1.82, 2.24) is 4.90 Å². The number of aliphatic carboxylic acids is 1. The fourth-order valence-corrected chi connectivity index (χ4v) is 3.74. The molecule has 110 valence electrons. The van der Waals surface area contributed by atoms with Gasteiger partial charge in [0.1, 0.15) is 16.4 Å². The van der Waals surface area contributed by atoms with Gasteiger partial charge < -0.3 is 10.0 Å². The number of hydrogen-bond donors (Lipinski definition) is 1. The molecule has 0 radical (unpaired) electrons. The van der Waals surface area contributed by atoms with Crippen molar-refractivity contribution >= 4 is 21.7 Å². The van der Waals surface area contributed by atoms with E-state index in [0.717, 1.165) is 6.26 Å². The van der Waals surface area contributed by atoms with Crippen molar-refractivity contribution in [2.24, 2.45) is 5.41 Å². The van der Waals surface area contributed by atoms with Gasteiger partial charge >= 0.3 is 5.97 Å². The highest BCUT2D eigenvalue weighted by Gasteiger charge is 2.47. The maximum Gasteiger partial charge on any atom is 0.323 e. The van der Waals surface area contributed by atoms with Crippen molar-refractivity contribution < 1.29 is 23.1 Å². The van der Waals surface area contributed by atoms with Gasteiger partial charge in [-0.3, -0.25) is 9.59 Å². The Morgan fingerprint density at radius 3 is 2.16 bits per heavy atom. The molecule has 1 amide bonds. The summed E-state index contributed by atoms with van der Waals surface area (Å²) in [6, 6.07) is -0.211. The molecule has 0 spiro atoms. The van der Waals surface area contributed by atoms with Crippen LogP contribution in [0.15, 0.2) is 0 Å². The second-order valence-corrected chi connectivity index (χ2v) is 7.90. The van der Waals surface area contributed by atoms with E-state index in [1.807, 2.05) is 0 Å². The quantitative estimate of drug-likeness (QED) is 0.738. The molecule has 0 bridgehead atoms. The highest BCUT2D eigenvalue weighted by Crippen LogP contribution is 2.50. The van der Waals surface area contributed by atoms with Crippen LogP contribution in [0, 0.1) is 5.41 Å². The van der Waals surface area contributed by atoms with E-state index in [9.17, 15) is 18.0 Å². The zero-order valence-corrected chi connectivity index (χ0v) is 12.4. The predicted molar refractivity (Wildman–Crippen MR) is 70.5 cm³/mol. The molecule has 1 aliphatic rings. The maximum absolute atomic E-state index is 12.1. The number of hydrogen-bond acceptors (Lipinski definition) is 4. The number of sulfone groups is 1. The molecule has 0 aromatic rings. The second kappa shape index (κ2) is 5.48. The third-order valence-corrected chi connectivity index (χ3v) is 4.44. The first-order valence-electron chi connectivity index (χ1n) is 6.24. The van der Waals surface area contributed by atoms with Crippen LogP contribution in [0.4, 0.5) is 0 Å². The Morgan fingerprint density at radius 2 is 1.84 bits per heavy atom. The van der Waals surface area contributed by atoms with Gasteiger partial charge in [0.15, 0.2) is 0 Å². The molecule has 0 aliphatic heterocycles. The number of amides is 1. The van der Waals surface area contributed by atoms with Gasteiger partial charge in [-0.2, -0.15) is 0 Å². The zero-order chi connectivity index (χ0) is 14.8. The number of carboxylic acid groups (broad SMARTS) is 1. The summed E-state index contributed by atoms with van der Waals surface area (Å²) in [6.45, 7) is 3.15. The third-order valence-electron chi connectivity index (χ3n) is 3.30. The number of rotatable bonds is 7. The molecule has 6 nitrogen and oxygen atoms in total. The molecule has 0 saturated heterocycles. The Bertz CT molecular complexity index is 465. The monoisotopic (exact) mass is 291 g/mol. The van der Waals surface area contributed by atoms with E-state index in [4.69, 9.17) is 5.11 Å². The third kappa shape index (κ3) is 5.18. The Kier molecular flexibility index (Phi) is 4.60. The molecular formula is C12H21NO5S. The molecule has 0 unspecified atom stereocenters. The predicted octanol–water partition coefficient (Wildman–Crippen LogP) is 0.523. The number of carbonyl (C=O) groups is 2. The average Bonchev–Trinajstić information content (AvgIpc) is 2.90. The van der Waals surface area contributed by atoms with E-state index in [-0.39, 0.29) is 30.7 Å². The number of carboxylic acids is 1. The van der Waals surface area contributed by atoms with E-state index in [2.05, 4.69) is 0 Å². The van der Waals surface area contributed by atoms with Crippen LogP contribution in [-0.4, -0.2) is 54.9 Å². The smallest absolute Gasteiger partial charge is 0.323 e. The average molecular weight is 291 g/mol. The fourth-order valence-electron chi connectivity index (χ4n) is 2.23.